The molecule has 5 heteroatoms. The van der Waals surface area contributed by atoms with E-state index in [1.807, 2.05) is 0 Å². The molecule has 1 heterocycles. The first-order valence-corrected chi connectivity index (χ1v) is 8.75. The lowest BCUT2D eigenvalue weighted by Gasteiger charge is -2.60. The molecular formula is C16H28BNO2S. The van der Waals surface area contributed by atoms with Gasteiger partial charge in [-0.3, -0.25) is 4.99 Å². The number of hydrogen-bond donors (Lipinski definition) is 1. The third kappa shape index (κ3) is 2.59. The number of nitrogens with zero attached hydrogens (tertiary/aromatic N) is 1. The van der Waals surface area contributed by atoms with Gasteiger partial charge in [-0.25, -0.2) is 0 Å². The first kappa shape index (κ1) is 15.9. The highest BCUT2D eigenvalue weighted by atomic mass is 32.1. The Balaban J connectivity index is 1.60. The van der Waals surface area contributed by atoms with E-state index in [4.69, 9.17) is 9.31 Å². The monoisotopic (exact) mass is 309 g/mol. The summed E-state index contributed by atoms with van der Waals surface area (Å²) in [6, 6.07) is 0. The Morgan fingerprint density at radius 3 is 2.71 bits per heavy atom. The van der Waals surface area contributed by atoms with Gasteiger partial charge in [0.1, 0.15) is 0 Å². The van der Waals surface area contributed by atoms with Gasteiger partial charge in [0.15, 0.2) is 0 Å². The zero-order valence-electron chi connectivity index (χ0n) is 13.9. The van der Waals surface area contributed by atoms with Crippen LogP contribution in [0.1, 0.15) is 53.9 Å². The molecule has 2 bridgehead atoms. The maximum atomic E-state index is 6.19. The van der Waals surface area contributed by atoms with Crippen molar-refractivity contribution in [1.82, 2.24) is 0 Å². The van der Waals surface area contributed by atoms with Crippen molar-refractivity contribution >= 4 is 25.5 Å². The summed E-state index contributed by atoms with van der Waals surface area (Å²) in [5.74, 6) is 1.49. The van der Waals surface area contributed by atoms with E-state index in [0.717, 1.165) is 24.5 Å². The smallest absolute Gasteiger partial charge is 0.404 e. The van der Waals surface area contributed by atoms with Gasteiger partial charge in [0.25, 0.3) is 0 Å². The van der Waals surface area contributed by atoms with Crippen molar-refractivity contribution in [3.8, 4) is 0 Å². The van der Waals surface area contributed by atoms with Gasteiger partial charge >= 0.3 is 7.12 Å². The second-order valence-corrected chi connectivity index (χ2v) is 8.84. The summed E-state index contributed by atoms with van der Waals surface area (Å²) >= 11 is 4.67. The number of hydrogen-bond acceptors (Lipinski definition) is 4. The van der Waals surface area contributed by atoms with Gasteiger partial charge in [-0.05, 0) is 50.4 Å². The van der Waals surface area contributed by atoms with Crippen LogP contribution in [0.5, 0.6) is 0 Å². The summed E-state index contributed by atoms with van der Waals surface area (Å²) in [5.41, 5.74) is 1.50. The summed E-state index contributed by atoms with van der Waals surface area (Å²) in [4.78, 5) is 4.67. The first-order chi connectivity index (χ1) is 9.75. The molecule has 1 aliphatic heterocycles. The van der Waals surface area contributed by atoms with E-state index >= 15 is 0 Å². The van der Waals surface area contributed by atoms with Crippen molar-refractivity contribution < 1.29 is 9.31 Å². The fraction of sp³-hybridized carbons (Fsp3) is 0.938. The van der Waals surface area contributed by atoms with Crippen LogP contribution in [0.25, 0.3) is 0 Å². The van der Waals surface area contributed by atoms with Crippen molar-refractivity contribution in [3.05, 3.63) is 0 Å². The molecule has 4 aliphatic rings. The zero-order valence-corrected chi connectivity index (χ0v) is 14.8. The van der Waals surface area contributed by atoms with Gasteiger partial charge in [-0.2, -0.15) is 12.6 Å². The molecule has 0 aromatic rings. The Morgan fingerprint density at radius 1 is 1.38 bits per heavy atom. The largest absolute Gasteiger partial charge is 0.480 e. The van der Waals surface area contributed by atoms with Crippen LogP contribution in [0.2, 0.25) is 0 Å². The predicted molar refractivity (Wildman–Crippen MR) is 91.2 cm³/mol. The molecule has 5 unspecified atom stereocenters. The molecule has 0 spiro atoms. The van der Waals surface area contributed by atoms with Crippen LogP contribution >= 0.6 is 12.6 Å². The van der Waals surface area contributed by atoms with Gasteiger partial charge in [0, 0.05) is 10.5 Å². The van der Waals surface area contributed by atoms with Gasteiger partial charge in [-0.1, -0.05) is 20.8 Å². The fourth-order valence-corrected chi connectivity index (χ4v) is 4.20. The molecular weight excluding hydrogens is 281 g/mol. The molecule has 4 fully saturated rings. The molecule has 0 N–H and O–H groups in total. The van der Waals surface area contributed by atoms with Crippen LogP contribution in [0.4, 0.5) is 0 Å². The van der Waals surface area contributed by atoms with E-state index in [0.29, 0.717) is 30.0 Å². The summed E-state index contributed by atoms with van der Waals surface area (Å²) in [7, 11) is -0.161. The molecule has 0 aromatic carbocycles. The van der Waals surface area contributed by atoms with Crippen molar-refractivity contribution in [1.29, 1.82) is 0 Å². The topological polar surface area (TPSA) is 30.8 Å². The van der Waals surface area contributed by atoms with Gasteiger partial charge in [0.05, 0.1) is 18.7 Å². The van der Waals surface area contributed by atoms with Crippen molar-refractivity contribution in [3.63, 3.8) is 0 Å². The van der Waals surface area contributed by atoms with E-state index in [9.17, 15) is 0 Å². The van der Waals surface area contributed by atoms with Gasteiger partial charge in [0.2, 0.25) is 0 Å². The second kappa shape index (κ2) is 5.28. The van der Waals surface area contributed by atoms with Crippen LogP contribution in [-0.2, 0) is 9.31 Å². The number of aliphatic imine (C=N–C) groups is 1. The lowest BCUT2D eigenvalue weighted by molar-refractivity contribution is -0.150. The van der Waals surface area contributed by atoms with Crippen LogP contribution < -0.4 is 0 Å². The Kier molecular flexibility index (Phi) is 3.99. The SMILES string of the molecule is CCC(C)(S)C(C)=NCB1OC2CC3CC(C2O1)C3(C)C. The molecule has 0 radical (unpaired) electrons. The van der Waals surface area contributed by atoms with Crippen LogP contribution in [0, 0.1) is 17.3 Å². The molecule has 5 atom stereocenters. The summed E-state index contributed by atoms with van der Waals surface area (Å²) in [5, 5.41) is 0. The Bertz CT molecular complexity index is 452. The van der Waals surface area contributed by atoms with E-state index in [1.165, 1.54) is 6.42 Å². The van der Waals surface area contributed by atoms with Crippen LogP contribution in [-0.4, -0.2) is 36.2 Å². The standard InChI is InChI=1S/C16H28BNO2S/c1-6-16(5,21)10(2)18-9-17-19-13-8-11-7-12(14(13)20-17)15(11,3)4/h11-14,21H,6-9H2,1-5H3. The summed E-state index contributed by atoms with van der Waals surface area (Å²) < 4.78 is 12.2. The second-order valence-electron chi connectivity index (χ2n) is 7.85. The minimum Gasteiger partial charge on any atom is -0.404 e. The van der Waals surface area contributed by atoms with E-state index in [1.54, 1.807) is 0 Å². The molecule has 4 rings (SSSR count). The van der Waals surface area contributed by atoms with Crippen LogP contribution in [0.3, 0.4) is 0 Å². The van der Waals surface area contributed by atoms with Crippen molar-refractivity contribution in [2.45, 2.75) is 70.8 Å². The van der Waals surface area contributed by atoms with Crippen molar-refractivity contribution in [2.24, 2.45) is 22.2 Å². The van der Waals surface area contributed by atoms with E-state index in [-0.39, 0.29) is 11.9 Å². The summed E-state index contributed by atoms with van der Waals surface area (Å²) in [6.07, 6.45) is 4.65. The highest BCUT2D eigenvalue weighted by Gasteiger charge is 2.61. The maximum absolute atomic E-state index is 6.19. The predicted octanol–water partition coefficient (Wildman–Crippen LogP) is 3.42. The van der Waals surface area contributed by atoms with Gasteiger partial charge < -0.3 is 9.31 Å². The van der Waals surface area contributed by atoms with E-state index in [2.05, 4.69) is 52.2 Å². The van der Waals surface area contributed by atoms with Gasteiger partial charge in [-0.15, -0.1) is 0 Å². The number of rotatable bonds is 4. The van der Waals surface area contributed by atoms with Crippen molar-refractivity contribution in [2.75, 3.05) is 6.44 Å². The molecule has 118 valence electrons. The Morgan fingerprint density at radius 2 is 2.10 bits per heavy atom. The average Bonchev–Trinajstić information content (AvgIpc) is 2.86. The lowest BCUT2D eigenvalue weighted by Crippen LogP contribution is -2.59. The first-order valence-electron chi connectivity index (χ1n) is 8.30. The maximum Gasteiger partial charge on any atom is 0.480 e. The fourth-order valence-electron chi connectivity index (χ4n) is 4.13. The third-order valence-corrected chi connectivity index (χ3v) is 7.05. The summed E-state index contributed by atoms with van der Waals surface area (Å²) in [6.45, 7) is 11.1. The van der Waals surface area contributed by atoms with E-state index < -0.39 is 0 Å². The quantitative estimate of drug-likeness (QED) is 0.490. The lowest BCUT2D eigenvalue weighted by atomic mass is 9.47. The minimum atomic E-state index is -0.161. The molecule has 1 saturated heterocycles. The molecule has 21 heavy (non-hydrogen) atoms. The zero-order chi connectivity index (χ0) is 15.4. The Labute approximate surface area is 134 Å². The molecule has 3 aliphatic carbocycles. The average molecular weight is 309 g/mol. The normalized spacial score (nSPS) is 40.5. The highest BCUT2D eigenvalue weighted by molar-refractivity contribution is 7.82. The number of thiol groups is 1. The van der Waals surface area contributed by atoms with Crippen LogP contribution in [0.15, 0.2) is 4.99 Å². The molecule has 3 saturated carbocycles. The Hall–Kier alpha value is 0.00494. The molecule has 0 amide bonds. The highest BCUT2D eigenvalue weighted by Crippen LogP contribution is 2.61. The minimum absolute atomic E-state index is 0.130. The third-order valence-electron chi connectivity index (χ3n) is 6.41. The molecule has 3 nitrogen and oxygen atoms in total. The molecule has 0 aromatic heterocycles.